The molecular formula is C13H13N2O2-. The Morgan fingerprint density at radius 2 is 1.94 bits per heavy atom. The number of carbonyl (C=O) groups excluding carboxylic acids is 1. The summed E-state index contributed by atoms with van der Waals surface area (Å²) in [5, 5.41) is 15.0. The summed E-state index contributed by atoms with van der Waals surface area (Å²) in [5.74, 6) is -1.08. The zero-order chi connectivity index (χ0) is 12.4. The number of aromatic nitrogens is 2. The third-order valence-corrected chi connectivity index (χ3v) is 2.76. The molecule has 2 rings (SSSR count). The first kappa shape index (κ1) is 11.4. The summed E-state index contributed by atoms with van der Waals surface area (Å²) in [6.45, 7) is 3.68. The lowest BCUT2D eigenvalue weighted by Gasteiger charge is -2.05. The second-order valence-electron chi connectivity index (χ2n) is 3.95. The molecule has 0 amide bonds. The number of carboxylic acid groups (broad SMARTS) is 1. The van der Waals surface area contributed by atoms with E-state index in [4.69, 9.17) is 0 Å². The SMILES string of the molecule is Cc1nn(-c2ccccc2)c(C)c1CC(=O)[O-]. The Morgan fingerprint density at radius 1 is 1.29 bits per heavy atom. The van der Waals surface area contributed by atoms with Crippen molar-refractivity contribution in [2.45, 2.75) is 20.3 Å². The Morgan fingerprint density at radius 3 is 2.53 bits per heavy atom. The van der Waals surface area contributed by atoms with Crippen LogP contribution in [0.3, 0.4) is 0 Å². The molecule has 0 spiro atoms. The van der Waals surface area contributed by atoms with Gasteiger partial charge in [-0.1, -0.05) is 18.2 Å². The lowest BCUT2D eigenvalue weighted by atomic mass is 10.1. The maximum atomic E-state index is 10.7. The fraction of sp³-hybridized carbons (Fsp3) is 0.231. The average molecular weight is 229 g/mol. The van der Waals surface area contributed by atoms with Crippen LogP contribution in [-0.2, 0) is 11.2 Å². The largest absolute Gasteiger partial charge is 0.550 e. The van der Waals surface area contributed by atoms with Gasteiger partial charge in [-0.25, -0.2) is 4.68 Å². The Hall–Kier alpha value is -2.10. The van der Waals surface area contributed by atoms with Crippen LogP contribution in [0.1, 0.15) is 17.0 Å². The maximum Gasteiger partial charge on any atom is 0.0648 e. The molecule has 0 bridgehead atoms. The Bertz CT molecular complexity index is 544. The van der Waals surface area contributed by atoms with E-state index >= 15 is 0 Å². The first-order valence-corrected chi connectivity index (χ1v) is 5.40. The fourth-order valence-electron chi connectivity index (χ4n) is 1.90. The molecule has 0 radical (unpaired) electrons. The topological polar surface area (TPSA) is 58.0 Å². The number of carbonyl (C=O) groups is 1. The number of para-hydroxylation sites is 1. The molecule has 1 aromatic carbocycles. The van der Waals surface area contributed by atoms with Gasteiger partial charge in [-0.05, 0) is 26.0 Å². The molecule has 4 heteroatoms. The first-order chi connectivity index (χ1) is 8.09. The molecule has 1 aromatic heterocycles. The van der Waals surface area contributed by atoms with Crippen molar-refractivity contribution in [2.75, 3.05) is 0 Å². The van der Waals surface area contributed by atoms with E-state index in [0.717, 1.165) is 22.6 Å². The van der Waals surface area contributed by atoms with Gasteiger partial charge in [0.15, 0.2) is 0 Å². The number of carboxylic acids is 1. The van der Waals surface area contributed by atoms with Crippen LogP contribution in [0.15, 0.2) is 30.3 Å². The maximum absolute atomic E-state index is 10.7. The molecule has 17 heavy (non-hydrogen) atoms. The van der Waals surface area contributed by atoms with Crippen molar-refractivity contribution in [1.82, 2.24) is 9.78 Å². The minimum absolute atomic E-state index is 0.0928. The van der Waals surface area contributed by atoms with E-state index in [2.05, 4.69) is 5.10 Å². The summed E-state index contributed by atoms with van der Waals surface area (Å²) in [6.07, 6.45) is -0.0928. The molecule has 0 saturated carbocycles. The summed E-state index contributed by atoms with van der Waals surface area (Å²) < 4.78 is 1.76. The summed E-state index contributed by atoms with van der Waals surface area (Å²) in [5.41, 5.74) is 3.24. The summed E-state index contributed by atoms with van der Waals surface area (Å²) in [6, 6.07) is 9.64. The van der Waals surface area contributed by atoms with Crippen LogP contribution in [0.2, 0.25) is 0 Å². The first-order valence-electron chi connectivity index (χ1n) is 5.40. The predicted molar refractivity (Wildman–Crippen MR) is 61.7 cm³/mol. The molecule has 1 heterocycles. The third kappa shape index (κ3) is 2.20. The summed E-state index contributed by atoms with van der Waals surface area (Å²) >= 11 is 0. The molecular weight excluding hydrogens is 216 g/mol. The van der Waals surface area contributed by atoms with Crippen LogP contribution in [0.25, 0.3) is 5.69 Å². The number of aryl methyl sites for hydroxylation is 1. The van der Waals surface area contributed by atoms with E-state index < -0.39 is 5.97 Å². The molecule has 0 N–H and O–H groups in total. The van der Waals surface area contributed by atoms with E-state index in [0.29, 0.717) is 0 Å². The van der Waals surface area contributed by atoms with E-state index in [-0.39, 0.29) is 6.42 Å². The Balaban J connectivity index is 2.48. The van der Waals surface area contributed by atoms with Crippen LogP contribution >= 0.6 is 0 Å². The zero-order valence-corrected chi connectivity index (χ0v) is 9.80. The van der Waals surface area contributed by atoms with Crippen LogP contribution in [0.5, 0.6) is 0 Å². The van der Waals surface area contributed by atoms with Gasteiger partial charge in [0.25, 0.3) is 0 Å². The van der Waals surface area contributed by atoms with Crippen molar-refractivity contribution in [3.8, 4) is 5.69 Å². The van der Waals surface area contributed by atoms with Crippen molar-refractivity contribution < 1.29 is 9.90 Å². The molecule has 88 valence electrons. The molecule has 2 aromatic rings. The van der Waals surface area contributed by atoms with Crippen LogP contribution in [-0.4, -0.2) is 15.7 Å². The molecule has 0 unspecified atom stereocenters. The van der Waals surface area contributed by atoms with Gasteiger partial charge in [0.2, 0.25) is 0 Å². The van der Waals surface area contributed by atoms with Crippen molar-refractivity contribution in [3.63, 3.8) is 0 Å². The van der Waals surface area contributed by atoms with E-state index in [1.807, 2.05) is 44.2 Å². The van der Waals surface area contributed by atoms with E-state index in [1.165, 1.54) is 0 Å². The van der Waals surface area contributed by atoms with Gasteiger partial charge in [0.1, 0.15) is 0 Å². The number of benzene rings is 1. The highest BCUT2D eigenvalue weighted by atomic mass is 16.4. The number of hydrogen-bond acceptors (Lipinski definition) is 3. The number of rotatable bonds is 3. The van der Waals surface area contributed by atoms with Crippen LogP contribution in [0, 0.1) is 13.8 Å². The lowest BCUT2D eigenvalue weighted by molar-refractivity contribution is -0.304. The molecule has 0 aliphatic carbocycles. The van der Waals surface area contributed by atoms with Crippen molar-refractivity contribution in [3.05, 3.63) is 47.3 Å². The van der Waals surface area contributed by atoms with Gasteiger partial charge >= 0.3 is 0 Å². The molecule has 0 atom stereocenters. The van der Waals surface area contributed by atoms with Crippen molar-refractivity contribution in [1.29, 1.82) is 0 Å². The van der Waals surface area contributed by atoms with Crippen molar-refractivity contribution in [2.24, 2.45) is 0 Å². The normalized spacial score (nSPS) is 10.5. The number of nitrogens with zero attached hydrogens (tertiary/aromatic N) is 2. The number of aliphatic carboxylic acids is 1. The molecule has 0 aliphatic heterocycles. The fourth-order valence-corrected chi connectivity index (χ4v) is 1.90. The predicted octanol–water partition coefficient (Wildman–Crippen LogP) is 0.782. The Kier molecular flexibility index (Phi) is 2.95. The van der Waals surface area contributed by atoms with E-state index in [1.54, 1.807) is 4.68 Å². The second kappa shape index (κ2) is 4.41. The standard InChI is InChI=1S/C13H14N2O2/c1-9-12(8-13(16)17)10(2)15(14-9)11-6-4-3-5-7-11/h3-7H,8H2,1-2H3,(H,16,17)/p-1. The minimum Gasteiger partial charge on any atom is -0.550 e. The monoisotopic (exact) mass is 229 g/mol. The zero-order valence-electron chi connectivity index (χ0n) is 9.80. The summed E-state index contributed by atoms with van der Waals surface area (Å²) in [4.78, 5) is 10.7. The van der Waals surface area contributed by atoms with Gasteiger partial charge in [-0.15, -0.1) is 0 Å². The highest BCUT2D eigenvalue weighted by molar-refractivity contribution is 5.69. The van der Waals surface area contributed by atoms with E-state index in [9.17, 15) is 9.90 Å². The smallest absolute Gasteiger partial charge is 0.0648 e. The third-order valence-electron chi connectivity index (χ3n) is 2.76. The quantitative estimate of drug-likeness (QED) is 0.781. The highest BCUT2D eigenvalue weighted by Gasteiger charge is 2.12. The highest BCUT2D eigenvalue weighted by Crippen LogP contribution is 2.17. The lowest BCUT2D eigenvalue weighted by Crippen LogP contribution is -2.24. The van der Waals surface area contributed by atoms with Gasteiger partial charge in [0.05, 0.1) is 11.4 Å². The number of hydrogen-bond donors (Lipinski definition) is 0. The molecule has 4 nitrogen and oxygen atoms in total. The average Bonchev–Trinajstić information content (AvgIpc) is 2.58. The molecule has 0 aliphatic rings. The Labute approximate surface area is 99.5 Å². The second-order valence-corrected chi connectivity index (χ2v) is 3.95. The van der Waals surface area contributed by atoms with Gasteiger partial charge < -0.3 is 9.90 Å². The minimum atomic E-state index is -1.08. The van der Waals surface area contributed by atoms with Crippen molar-refractivity contribution >= 4 is 5.97 Å². The van der Waals surface area contributed by atoms with Crippen LogP contribution in [0.4, 0.5) is 0 Å². The van der Waals surface area contributed by atoms with Gasteiger partial charge in [0, 0.05) is 23.6 Å². The summed E-state index contributed by atoms with van der Waals surface area (Å²) in [7, 11) is 0. The molecule has 0 saturated heterocycles. The van der Waals surface area contributed by atoms with Gasteiger partial charge in [-0.2, -0.15) is 5.10 Å². The molecule has 0 fully saturated rings. The van der Waals surface area contributed by atoms with Gasteiger partial charge in [-0.3, -0.25) is 0 Å². The van der Waals surface area contributed by atoms with Crippen LogP contribution < -0.4 is 5.11 Å².